The fraction of sp³-hybridized carbons (Fsp3) is 0.252. The van der Waals surface area contributed by atoms with Crippen molar-refractivity contribution in [3.63, 3.8) is 0 Å². The van der Waals surface area contributed by atoms with E-state index < -0.39 is 0 Å². The van der Waals surface area contributed by atoms with Crippen molar-refractivity contribution in [3.8, 4) is 66.8 Å². The number of aryl methyl sites for hydroxylation is 2. The van der Waals surface area contributed by atoms with Crippen molar-refractivity contribution in [1.29, 1.82) is 0 Å². The summed E-state index contributed by atoms with van der Waals surface area (Å²) in [6, 6.07) is 109. The summed E-state index contributed by atoms with van der Waals surface area (Å²) in [6.07, 6.45) is 18.2. The van der Waals surface area contributed by atoms with Crippen LogP contribution in [0.15, 0.2) is 359 Å². The predicted octanol–water partition coefficient (Wildman–Crippen LogP) is 30.0. The number of aromatic nitrogens is 4. The van der Waals surface area contributed by atoms with Crippen molar-refractivity contribution in [3.05, 3.63) is 409 Å². The van der Waals surface area contributed by atoms with Crippen molar-refractivity contribution in [2.75, 3.05) is 0 Å². The highest BCUT2D eigenvalue weighted by Crippen LogP contribution is 2.32. The molecule has 0 radical (unpaired) electrons. The van der Waals surface area contributed by atoms with E-state index in [9.17, 15) is 0 Å². The van der Waals surface area contributed by atoms with E-state index in [0.717, 1.165) is 28.9 Å². The van der Waals surface area contributed by atoms with Gasteiger partial charge in [0.2, 0.25) is 0 Å². The van der Waals surface area contributed by atoms with Crippen molar-refractivity contribution < 1.29 is 0 Å². The fourth-order valence-electron chi connectivity index (χ4n) is 12.4. The van der Waals surface area contributed by atoms with Crippen molar-refractivity contribution in [2.24, 2.45) is 17.8 Å². The van der Waals surface area contributed by atoms with E-state index in [2.05, 4.69) is 411 Å². The van der Waals surface area contributed by atoms with Gasteiger partial charge in [0.05, 0.1) is 0 Å². The fourth-order valence-corrected chi connectivity index (χ4v) is 12.4. The average molecular weight is 1460 g/mol. The zero-order valence-electron chi connectivity index (χ0n) is 69.4. The zero-order chi connectivity index (χ0) is 79.8. The van der Waals surface area contributed by atoms with E-state index in [0.29, 0.717) is 17.8 Å². The largest absolute Gasteiger partial charge is 0.265 e. The number of hydrogen-bond donors (Lipinski definition) is 0. The van der Waals surface area contributed by atoms with Gasteiger partial charge >= 0.3 is 0 Å². The van der Waals surface area contributed by atoms with E-state index in [4.69, 9.17) is 0 Å². The SMILES string of the molecule is CC(C)Cc1ccccc1.CC(C)Cc1ccccc1.CC(C)Cc1ccccc1.CC(C)c1cc(-c2ccccc2)cc(C(C)C)c1.CC(C)c1cccc(-c2ccccc2)c1.Cc1cc(C)cc(C(C)(C)C)c1.c1cc(-c2ccncc2)cc(-c2ccncc2)c1.c1cncc(-c2cccc(-c3cccnc3)c2)c1. The Morgan fingerprint density at radius 3 is 0.820 bits per heavy atom. The molecule has 14 rings (SSSR count). The number of nitrogens with zero attached hydrogens (tertiary/aromatic N) is 4. The Bertz CT molecular complexity index is 4420. The van der Waals surface area contributed by atoms with E-state index in [1.54, 1.807) is 12.4 Å². The van der Waals surface area contributed by atoms with Gasteiger partial charge in [-0.1, -0.05) is 376 Å². The van der Waals surface area contributed by atoms with Gasteiger partial charge in [0.1, 0.15) is 0 Å². The molecule has 0 fully saturated rings. The molecule has 0 aliphatic carbocycles. The Kier molecular flexibility index (Phi) is 36.8. The highest BCUT2D eigenvalue weighted by molar-refractivity contribution is 5.74. The third kappa shape index (κ3) is 32.5. The van der Waals surface area contributed by atoms with Crippen LogP contribution in [0.1, 0.15) is 172 Å². The van der Waals surface area contributed by atoms with Crippen LogP contribution in [0, 0.1) is 31.6 Å². The molecule has 10 aromatic carbocycles. The van der Waals surface area contributed by atoms with Crippen LogP contribution in [0.3, 0.4) is 0 Å². The molecule has 0 atom stereocenters. The summed E-state index contributed by atoms with van der Waals surface area (Å²) in [5.74, 6) is 4.04. The molecule has 0 unspecified atom stereocenters. The Morgan fingerprint density at radius 2 is 0.505 bits per heavy atom. The van der Waals surface area contributed by atoms with Gasteiger partial charge in [0.15, 0.2) is 0 Å². The summed E-state index contributed by atoms with van der Waals surface area (Å²) in [7, 11) is 0. The summed E-state index contributed by atoms with van der Waals surface area (Å²) in [5, 5.41) is 0. The van der Waals surface area contributed by atoms with Crippen LogP contribution >= 0.6 is 0 Å². The van der Waals surface area contributed by atoms with Gasteiger partial charge in [-0.25, -0.2) is 0 Å². The van der Waals surface area contributed by atoms with E-state index >= 15 is 0 Å². The lowest BCUT2D eigenvalue weighted by Gasteiger charge is -2.20. The van der Waals surface area contributed by atoms with Gasteiger partial charge in [0, 0.05) is 60.7 Å². The number of benzene rings is 10. The molecule has 0 N–H and O–H groups in total. The molecule has 4 heterocycles. The lowest BCUT2D eigenvalue weighted by molar-refractivity contribution is 0.589. The topological polar surface area (TPSA) is 51.6 Å². The van der Waals surface area contributed by atoms with Gasteiger partial charge in [-0.05, 0) is 217 Å². The molecule has 4 aromatic heterocycles. The Morgan fingerprint density at radius 1 is 0.225 bits per heavy atom. The van der Waals surface area contributed by atoms with Crippen molar-refractivity contribution >= 4 is 0 Å². The van der Waals surface area contributed by atoms with Gasteiger partial charge in [-0.15, -0.1) is 0 Å². The Labute approximate surface area is 669 Å². The van der Waals surface area contributed by atoms with Crippen LogP contribution in [0.25, 0.3) is 66.8 Å². The minimum atomic E-state index is 0.275. The summed E-state index contributed by atoms with van der Waals surface area (Å²) in [6.45, 7) is 38.0. The highest BCUT2D eigenvalue weighted by Gasteiger charge is 2.14. The molecule has 0 aliphatic heterocycles. The molecule has 4 nitrogen and oxygen atoms in total. The van der Waals surface area contributed by atoms with E-state index in [-0.39, 0.29) is 5.41 Å². The second-order valence-electron chi connectivity index (χ2n) is 31.7. The molecular formula is C107H122N4. The molecular weight excluding hydrogens is 1340 g/mol. The molecule has 570 valence electrons. The second kappa shape index (κ2) is 47.0. The zero-order valence-corrected chi connectivity index (χ0v) is 69.4. The normalized spacial score (nSPS) is 10.6. The number of hydrogen-bond acceptors (Lipinski definition) is 4. The molecule has 0 bridgehead atoms. The second-order valence-corrected chi connectivity index (χ2v) is 31.7. The molecule has 0 saturated carbocycles. The first kappa shape index (κ1) is 87.0. The van der Waals surface area contributed by atoms with Crippen molar-refractivity contribution in [2.45, 2.75) is 160 Å². The quantitative estimate of drug-likeness (QED) is 0.103. The first-order valence-electron chi connectivity index (χ1n) is 39.9. The average Bonchev–Trinajstić information content (AvgIpc) is 0.835. The van der Waals surface area contributed by atoms with Crippen LogP contribution in [0.2, 0.25) is 0 Å². The maximum absolute atomic E-state index is 4.15. The third-order valence-corrected chi connectivity index (χ3v) is 18.4. The standard InChI is InChI=1S/C18H22.2C16H12N2.C15H16.C12H18.3C10H14/c1-13(2)16-10-17(14(3)4)12-18(11-16)15-8-6-5-7-9-15;1-4-13(15-6-2-8-17-11-15)10-14(5-1)16-7-3-9-18-12-16;1-2-15(13-4-8-17-9-5-13)12-16(3-1)14-6-10-18-11-7-14;1-12(2)14-9-6-10-15(11-14)13-7-4-3-5-8-13;1-9-6-10(2)8-11(7-9)12(3,4)5;3*1-9(2)8-10-6-4-3-5-7-10/h5-14H,1-4H3;2*1-12H;3-12H,1-2H3;6-8H,1-5H3;3*3-7,9H,8H2,1-2H3. The van der Waals surface area contributed by atoms with E-state index in [1.165, 1.54) is 125 Å². The maximum Gasteiger partial charge on any atom is 0.0346 e. The Balaban J connectivity index is 0.000000178. The van der Waals surface area contributed by atoms with Crippen molar-refractivity contribution in [1.82, 2.24) is 19.9 Å². The Hall–Kier alpha value is -11.2. The molecule has 0 saturated heterocycles. The maximum atomic E-state index is 4.15. The molecule has 0 aliphatic rings. The minimum absolute atomic E-state index is 0.275. The van der Waals surface area contributed by atoms with Crippen LogP contribution < -0.4 is 0 Å². The molecule has 111 heavy (non-hydrogen) atoms. The van der Waals surface area contributed by atoms with Crippen LogP contribution in [-0.4, -0.2) is 19.9 Å². The molecule has 14 aromatic rings. The van der Waals surface area contributed by atoms with Gasteiger partial charge in [-0.3, -0.25) is 19.9 Å². The first-order valence-corrected chi connectivity index (χ1v) is 39.9. The van der Waals surface area contributed by atoms with Crippen LogP contribution in [0.4, 0.5) is 0 Å². The lowest BCUT2D eigenvalue weighted by atomic mass is 9.85. The highest BCUT2D eigenvalue weighted by atomic mass is 14.6. The van der Waals surface area contributed by atoms with Crippen LogP contribution in [-0.2, 0) is 24.7 Å². The van der Waals surface area contributed by atoms with Crippen LogP contribution in [0.5, 0.6) is 0 Å². The number of pyridine rings is 4. The molecule has 0 amide bonds. The van der Waals surface area contributed by atoms with Gasteiger partial charge in [0.25, 0.3) is 0 Å². The lowest BCUT2D eigenvalue weighted by Crippen LogP contribution is -2.11. The first-order chi connectivity index (χ1) is 53.5. The minimum Gasteiger partial charge on any atom is -0.265 e. The number of rotatable bonds is 15. The summed E-state index contributed by atoms with van der Waals surface area (Å²) in [4.78, 5) is 16.4. The van der Waals surface area contributed by atoms with E-state index in [1.807, 2.05) is 73.6 Å². The summed E-state index contributed by atoms with van der Waals surface area (Å²) >= 11 is 0. The predicted molar refractivity (Wildman–Crippen MR) is 481 cm³/mol. The molecule has 0 spiro atoms. The monoisotopic (exact) mass is 1460 g/mol. The summed E-state index contributed by atoms with van der Waals surface area (Å²) in [5.41, 5.74) is 27.6. The smallest absolute Gasteiger partial charge is 0.0346 e. The molecule has 4 heteroatoms. The summed E-state index contributed by atoms with van der Waals surface area (Å²) < 4.78 is 0. The van der Waals surface area contributed by atoms with Gasteiger partial charge in [-0.2, -0.15) is 0 Å². The van der Waals surface area contributed by atoms with Gasteiger partial charge < -0.3 is 0 Å². The third-order valence-electron chi connectivity index (χ3n) is 18.4.